The van der Waals surface area contributed by atoms with Crippen molar-refractivity contribution in [1.82, 2.24) is 0 Å². The molecule has 0 saturated carbocycles. The minimum atomic E-state index is -4.38. The summed E-state index contributed by atoms with van der Waals surface area (Å²) in [5.41, 5.74) is 0. The van der Waals surface area contributed by atoms with Gasteiger partial charge < -0.3 is 5.11 Å². The number of hydrogen-bond acceptors (Lipinski definition) is 3. The third kappa shape index (κ3) is 6.60. The molecule has 0 fully saturated rings. The molecule has 78 valence electrons. The molecule has 0 aliphatic heterocycles. The maximum absolute atomic E-state index is 10.3. The molecular formula is C8H16O4S. The van der Waals surface area contributed by atoms with Gasteiger partial charge in [-0.3, -0.25) is 4.55 Å². The molecule has 0 amide bonds. The Labute approximate surface area is 79.0 Å². The molecule has 0 aromatic rings. The molecule has 0 aromatic heterocycles. The summed E-state index contributed by atoms with van der Waals surface area (Å²) in [5, 5.41) is 7.82. The molecule has 0 atom stereocenters. The lowest BCUT2D eigenvalue weighted by Gasteiger charge is -1.96. The fourth-order valence-electron chi connectivity index (χ4n) is 0.902. The average molecular weight is 208 g/mol. The third-order valence-electron chi connectivity index (χ3n) is 1.64. The minimum absolute atomic E-state index is 0.478. The molecule has 2 N–H and O–H groups in total. The van der Waals surface area contributed by atoms with Crippen LogP contribution in [-0.2, 0) is 10.1 Å². The van der Waals surface area contributed by atoms with Crippen LogP contribution in [0.2, 0.25) is 0 Å². The molecule has 0 bridgehead atoms. The molecule has 13 heavy (non-hydrogen) atoms. The first-order valence-electron chi connectivity index (χ1n) is 4.35. The first-order valence-corrected chi connectivity index (χ1v) is 5.79. The van der Waals surface area contributed by atoms with E-state index in [1.807, 2.05) is 0 Å². The summed E-state index contributed by atoms with van der Waals surface area (Å²) in [6.45, 7) is 2.07. The van der Waals surface area contributed by atoms with Gasteiger partial charge in [0.05, 0.1) is 0 Å². The van der Waals surface area contributed by atoms with E-state index in [1.54, 1.807) is 0 Å². The first-order chi connectivity index (χ1) is 5.98. The zero-order chi connectivity index (χ0) is 10.3. The smallest absolute Gasteiger partial charge is 0.327 e. The van der Waals surface area contributed by atoms with E-state index in [0.29, 0.717) is 6.42 Å². The molecule has 0 unspecified atom stereocenters. The second kappa shape index (κ2) is 5.99. The minimum Gasteiger partial charge on any atom is -0.497 e. The van der Waals surface area contributed by atoms with Crippen molar-refractivity contribution >= 4 is 10.1 Å². The topological polar surface area (TPSA) is 74.6 Å². The van der Waals surface area contributed by atoms with Gasteiger partial charge in [0.15, 0.2) is 0 Å². The summed E-state index contributed by atoms with van der Waals surface area (Å²) in [6, 6.07) is 0. The normalized spacial score (nSPS) is 13.2. The van der Waals surface area contributed by atoms with Gasteiger partial charge in [-0.15, -0.1) is 0 Å². The maximum Gasteiger partial charge on any atom is 0.327 e. The SMILES string of the molecule is CCCCCCC=C(O)S(=O)(=O)O. The van der Waals surface area contributed by atoms with Gasteiger partial charge in [0, 0.05) is 0 Å². The molecule has 0 aromatic carbocycles. The van der Waals surface area contributed by atoms with Crippen LogP contribution < -0.4 is 0 Å². The Morgan fingerprint density at radius 1 is 1.31 bits per heavy atom. The molecule has 4 nitrogen and oxygen atoms in total. The van der Waals surface area contributed by atoms with Crippen LogP contribution in [-0.4, -0.2) is 18.1 Å². The number of rotatable bonds is 6. The van der Waals surface area contributed by atoms with Gasteiger partial charge in [-0.1, -0.05) is 26.2 Å². The van der Waals surface area contributed by atoms with Gasteiger partial charge in [0.2, 0.25) is 5.09 Å². The van der Waals surface area contributed by atoms with Crippen molar-refractivity contribution in [3.05, 3.63) is 11.2 Å². The lowest BCUT2D eigenvalue weighted by atomic mass is 10.1. The summed E-state index contributed by atoms with van der Waals surface area (Å²) < 4.78 is 28.9. The fraction of sp³-hybridized carbons (Fsp3) is 0.750. The van der Waals surface area contributed by atoms with Crippen LogP contribution in [0.1, 0.15) is 39.0 Å². The van der Waals surface area contributed by atoms with Crippen molar-refractivity contribution in [3.63, 3.8) is 0 Å². The van der Waals surface area contributed by atoms with Crippen LogP contribution in [0.15, 0.2) is 11.2 Å². The second-order valence-corrected chi connectivity index (χ2v) is 4.24. The molecule has 0 radical (unpaired) electrons. The van der Waals surface area contributed by atoms with E-state index in [1.165, 1.54) is 0 Å². The quantitative estimate of drug-likeness (QED) is 0.399. The fourth-order valence-corrected chi connectivity index (χ4v) is 1.23. The van der Waals surface area contributed by atoms with Crippen molar-refractivity contribution in [1.29, 1.82) is 0 Å². The Hall–Kier alpha value is -0.550. The van der Waals surface area contributed by atoms with Crippen LogP contribution in [0.25, 0.3) is 0 Å². The Bertz CT molecular complexity index is 253. The Morgan fingerprint density at radius 3 is 2.38 bits per heavy atom. The lowest BCUT2D eigenvalue weighted by Crippen LogP contribution is -2.00. The van der Waals surface area contributed by atoms with Crippen LogP contribution in [0.5, 0.6) is 0 Å². The zero-order valence-corrected chi connectivity index (χ0v) is 8.55. The molecule has 0 spiro atoms. The maximum atomic E-state index is 10.3. The standard InChI is InChI=1S/C8H16O4S/c1-2-3-4-5-6-7-8(9)13(10,11)12/h7,9H,2-6H2,1H3,(H,10,11,12). The summed E-state index contributed by atoms with van der Waals surface area (Å²) in [6.07, 6.45) is 5.64. The highest BCUT2D eigenvalue weighted by molar-refractivity contribution is 7.89. The van der Waals surface area contributed by atoms with Crippen molar-refractivity contribution in [3.8, 4) is 0 Å². The molecule has 0 heterocycles. The molecule has 0 rings (SSSR count). The highest BCUT2D eigenvalue weighted by Gasteiger charge is 2.09. The van der Waals surface area contributed by atoms with Gasteiger partial charge in [-0.2, -0.15) is 8.42 Å². The zero-order valence-electron chi connectivity index (χ0n) is 7.73. The number of aliphatic hydroxyl groups excluding tert-OH is 1. The largest absolute Gasteiger partial charge is 0.497 e. The van der Waals surface area contributed by atoms with E-state index in [2.05, 4.69) is 6.92 Å². The molecule has 0 aliphatic rings. The van der Waals surface area contributed by atoms with Gasteiger partial charge in [0.25, 0.3) is 0 Å². The molecular weight excluding hydrogens is 192 g/mol. The lowest BCUT2D eigenvalue weighted by molar-refractivity contribution is 0.403. The molecule has 0 saturated heterocycles. The summed E-state index contributed by atoms with van der Waals surface area (Å²) in [7, 11) is -4.38. The van der Waals surface area contributed by atoms with Crippen molar-refractivity contribution in [2.75, 3.05) is 0 Å². The van der Waals surface area contributed by atoms with Crippen LogP contribution in [0, 0.1) is 0 Å². The number of allylic oxidation sites excluding steroid dienone is 1. The van der Waals surface area contributed by atoms with Crippen LogP contribution >= 0.6 is 0 Å². The van der Waals surface area contributed by atoms with Gasteiger partial charge in [-0.05, 0) is 18.9 Å². The third-order valence-corrected chi connectivity index (χ3v) is 2.34. The average Bonchev–Trinajstić information content (AvgIpc) is 2.02. The summed E-state index contributed by atoms with van der Waals surface area (Å²) >= 11 is 0. The van der Waals surface area contributed by atoms with Crippen molar-refractivity contribution < 1.29 is 18.1 Å². The first kappa shape index (κ1) is 12.4. The molecule has 0 aliphatic carbocycles. The Balaban J connectivity index is 3.73. The second-order valence-electron chi connectivity index (χ2n) is 2.87. The van der Waals surface area contributed by atoms with Gasteiger partial charge in [-0.25, -0.2) is 0 Å². The van der Waals surface area contributed by atoms with E-state index < -0.39 is 15.2 Å². The van der Waals surface area contributed by atoms with E-state index in [9.17, 15) is 8.42 Å². The monoisotopic (exact) mass is 208 g/mol. The predicted molar refractivity (Wildman–Crippen MR) is 51.0 cm³/mol. The van der Waals surface area contributed by atoms with Gasteiger partial charge in [0.1, 0.15) is 0 Å². The Kier molecular flexibility index (Phi) is 5.73. The summed E-state index contributed by atoms with van der Waals surface area (Å²) in [4.78, 5) is 0. The van der Waals surface area contributed by atoms with Crippen LogP contribution in [0.3, 0.4) is 0 Å². The molecule has 5 heteroatoms. The van der Waals surface area contributed by atoms with E-state index in [-0.39, 0.29) is 0 Å². The number of unbranched alkanes of at least 4 members (excludes halogenated alkanes) is 4. The van der Waals surface area contributed by atoms with E-state index in [4.69, 9.17) is 9.66 Å². The predicted octanol–water partition coefficient (Wildman–Crippen LogP) is 2.24. The van der Waals surface area contributed by atoms with Gasteiger partial charge >= 0.3 is 10.1 Å². The highest BCUT2D eigenvalue weighted by atomic mass is 32.2. The van der Waals surface area contributed by atoms with E-state index >= 15 is 0 Å². The van der Waals surface area contributed by atoms with E-state index in [0.717, 1.165) is 31.8 Å². The highest BCUT2D eigenvalue weighted by Crippen LogP contribution is 2.06. The van der Waals surface area contributed by atoms with Crippen molar-refractivity contribution in [2.24, 2.45) is 0 Å². The van der Waals surface area contributed by atoms with Crippen molar-refractivity contribution in [2.45, 2.75) is 39.0 Å². The number of aliphatic hydroxyl groups is 1. The summed E-state index contributed by atoms with van der Waals surface area (Å²) in [5.74, 6) is 0. The number of hydrogen-bond donors (Lipinski definition) is 2. The Morgan fingerprint density at radius 2 is 1.92 bits per heavy atom. The van der Waals surface area contributed by atoms with Crippen LogP contribution in [0.4, 0.5) is 0 Å².